The summed E-state index contributed by atoms with van der Waals surface area (Å²) in [4.78, 5) is 2.47. The van der Waals surface area contributed by atoms with Crippen LogP contribution in [0.25, 0.3) is 0 Å². The van der Waals surface area contributed by atoms with Crippen LogP contribution in [0.4, 0.5) is 0 Å². The van der Waals surface area contributed by atoms with E-state index in [1.165, 1.54) is 12.0 Å². The van der Waals surface area contributed by atoms with Gasteiger partial charge in [-0.2, -0.15) is 5.10 Å². The molecule has 0 aromatic carbocycles. The number of nitrogens with zero attached hydrogens (tertiary/aromatic N) is 3. The summed E-state index contributed by atoms with van der Waals surface area (Å²) in [6, 6.07) is 0.601. The Balaban J connectivity index is 2.31. The molecule has 90 valence electrons. The molecule has 1 aromatic rings. The van der Waals surface area contributed by atoms with Crippen LogP contribution in [0, 0.1) is 6.92 Å². The van der Waals surface area contributed by atoms with Gasteiger partial charge in [-0.3, -0.25) is 9.58 Å². The zero-order valence-electron chi connectivity index (χ0n) is 10.5. The summed E-state index contributed by atoms with van der Waals surface area (Å²) in [6.45, 7) is 6.50. The van der Waals surface area contributed by atoms with Crippen LogP contribution in [-0.2, 0) is 7.05 Å². The summed E-state index contributed by atoms with van der Waals surface area (Å²) >= 11 is 0. The molecule has 0 amide bonds. The zero-order chi connectivity index (χ0) is 11.7. The number of piperidine rings is 1. The topological polar surface area (TPSA) is 47.1 Å². The van der Waals surface area contributed by atoms with E-state index < -0.39 is 0 Å². The molecule has 0 aliphatic carbocycles. The molecule has 0 bridgehead atoms. The van der Waals surface area contributed by atoms with Crippen LogP contribution in [0.3, 0.4) is 0 Å². The Hall–Kier alpha value is -0.870. The van der Waals surface area contributed by atoms with Crippen LogP contribution in [-0.4, -0.2) is 33.8 Å². The van der Waals surface area contributed by atoms with Crippen LogP contribution >= 0.6 is 0 Å². The van der Waals surface area contributed by atoms with Gasteiger partial charge in [-0.25, -0.2) is 0 Å². The summed E-state index contributed by atoms with van der Waals surface area (Å²) in [6.07, 6.45) is 4.45. The van der Waals surface area contributed by atoms with Crippen LogP contribution in [0.5, 0.6) is 0 Å². The van der Waals surface area contributed by atoms with Crippen LogP contribution in [0.1, 0.15) is 37.1 Å². The Morgan fingerprint density at radius 1 is 1.56 bits per heavy atom. The Morgan fingerprint density at radius 2 is 2.31 bits per heavy atom. The van der Waals surface area contributed by atoms with E-state index in [1.807, 2.05) is 11.7 Å². The molecule has 2 rings (SSSR count). The van der Waals surface area contributed by atoms with Gasteiger partial charge in [-0.15, -0.1) is 0 Å². The van der Waals surface area contributed by atoms with Crippen molar-refractivity contribution in [1.82, 2.24) is 14.7 Å². The minimum Gasteiger partial charge on any atom is -0.326 e. The average molecular weight is 222 g/mol. The number of aromatic nitrogens is 2. The van der Waals surface area contributed by atoms with Gasteiger partial charge >= 0.3 is 0 Å². The largest absolute Gasteiger partial charge is 0.326 e. The molecule has 1 fully saturated rings. The molecule has 2 N–H and O–H groups in total. The highest BCUT2D eigenvalue weighted by Crippen LogP contribution is 2.31. The lowest BCUT2D eigenvalue weighted by molar-refractivity contribution is 0.135. The second-order valence-electron chi connectivity index (χ2n) is 4.72. The van der Waals surface area contributed by atoms with Crippen LogP contribution in [0.15, 0.2) is 6.20 Å². The molecule has 2 atom stereocenters. The van der Waals surface area contributed by atoms with E-state index in [9.17, 15) is 0 Å². The normalized spacial score (nSPS) is 27.2. The lowest BCUT2D eigenvalue weighted by Crippen LogP contribution is -2.45. The fourth-order valence-corrected chi connectivity index (χ4v) is 2.79. The molecule has 4 heteroatoms. The third kappa shape index (κ3) is 1.99. The molecular formula is C12H22N4. The first-order valence-corrected chi connectivity index (χ1v) is 6.13. The SMILES string of the molecule is CCN1CCCC(N)C1c1cn(C)nc1C. The predicted octanol–water partition coefficient (Wildman–Crippen LogP) is 1.21. The third-order valence-electron chi connectivity index (χ3n) is 3.56. The smallest absolute Gasteiger partial charge is 0.0642 e. The Labute approximate surface area is 97.4 Å². The molecule has 0 radical (unpaired) electrons. The highest BCUT2D eigenvalue weighted by Gasteiger charge is 2.31. The van der Waals surface area contributed by atoms with E-state index in [0.29, 0.717) is 6.04 Å². The second kappa shape index (κ2) is 4.55. The second-order valence-corrected chi connectivity index (χ2v) is 4.72. The van der Waals surface area contributed by atoms with Crippen molar-refractivity contribution >= 4 is 0 Å². The van der Waals surface area contributed by atoms with Crippen molar-refractivity contribution in [3.8, 4) is 0 Å². The maximum absolute atomic E-state index is 6.28. The molecule has 16 heavy (non-hydrogen) atoms. The first-order chi connectivity index (χ1) is 7.63. The molecule has 1 aromatic heterocycles. The van der Waals surface area contributed by atoms with Gasteiger partial charge in [-0.1, -0.05) is 6.92 Å². The fourth-order valence-electron chi connectivity index (χ4n) is 2.79. The molecule has 2 unspecified atom stereocenters. The van der Waals surface area contributed by atoms with Gasteiger partial charge in [0.25, 0.3) is 0 Å². The van der Waals surface area contributed by atoms with Gasteiger partial charge in [0.05, 0.1) is 11.7 Å². The van der Waals surface area contributed by atoms with E-state index >= 15 is 0 Å². The first kappa shape index (κ1) is 11.6. The molecule has 1 aliphatic rings. The molecule has 1 aliphatic heterocycles. The van der Waals surface area contributed by atoms with Gasteiger partial charge in [0.1, 0.15) is 0 Å². The quantitative estimate of drug-likeness (QED) is 0.818. The monoisotopic (exact) mass is 222 g/mol. The van der Waals surface area contributed by atoms with Crippen LogP contribution in [0.2, 0.25) is 0 Å². The summed E-state index contributed by atoms with van der Waals surface area (Å²) < 4.78 is 1.89. The molecule has 4 nitrogen and oxygen atoms in total. The molecule has 0 saturated carbocycles. The van der Waals surface area contributed by atoms with Gasteiger partial charge in [0.2, 0.25) is 0 Å². The maximum Gasteiger partial charge on any atom is 0.0642 e. The van der Waals surface area contributed by atoms with Gasteiger partial charge in [-0.05, 0) is 32.9 Å². The number of likely N-dealkylation sites (tertiary alicyclic amines) is 1. The van der Waals surface area contributed by atoms with Crippen LogP contribution < -0.4 is 5.73 Å². The number of nitrogens with two attached hydrogens (primary N) is 1. The first-order valence-electron chi connectivity index (χ1n) is 6.13. The van der Waals surface area contributed by atoms with Crippen molar-refractivity contribution in [2.24, 2.45) is 12.8 Å². The standard InChI is InChI=1S/C12H22N4/c1-4-16-7-5-6-11(13)12(16)10-8-15(3)14-9(10)2/h8,11-12H,4-7,13H2,1-3H3. The van der Waals surface area contributed by atoms with Crippen molar-refractivity contribution in [2.75, 3.05) is 13.1 Å². The lowest BCUT2D eigenvalue weighted by atomic mass is 9.91. The van der Waals surface area contributed by atoms with E-state index in [2.05, 4.69) is 30.0 Å². The number of aryl methyl sites for hydroxylation is 2. The van der Waals surface area contributed by atoms with Crippen molar-refractivity contribution in [1.29, 1.82) is 0 Å². The zero-order valence-corrected chi connectivity index (χ0v) is 10.5. The fraction of sp³-hybridized carbons (Fsp3) is 0.750. The molecule has 2 heterocycles. The Morgan fingerprint density at radius 3 is 2.88 bits per heavy atom. The van der Waals surface area contributed by atoms with E-state index in [-0.39, 0.29) is 6.04 Å². The Kier molecular flexibility index (Phi) is 3.30. The summed E-state index contributed by atoms with van der Waals surface area (Å²) in [5, 5.41) is 4.42. The number of rotatable bonds is 2. The van der Waals surface area contributed by atoms with Gasteiger partial charge in [0.15, 0.2) is 0 Å². The number of hydrogen-bond acceptors (Lipinski definition) is 3. The summed E-state index contributed by atoms with van der Waals surface area (Å²) in [5.74, 6) is 0. The maximum atomic E-state index is 6.28. The van der Waals surface area contributed by atoms with Crippen molar-refractivity contribution in [3.63, 3.8) is 0 Å². The van der Waals surface area contributed by atoms with Crippen molar-refractivity contribution in [2.45, 2.75) is 38.8 Å². The van der Waals surface area contributed by atoms with Crippen molar-refractivity contribution < 1.29 is 0 Å². The highest BCUT2D eigenvalue weighted by molar-refractivity contribution is 5.22. The molecule has 1 saturated heterocycles. The number of hydrogen-bond donors (Lipinski definition) is 1. The Bertz CT molecular complexity index is 358. The van der Waals surface area contributed by atoms with E-state index in [1.54, 1.807) is 0 Å². The van der Waals surface area contributed by atoms with Crippen molar-refractivity contribution in [3.05, 3.63) is 17.5 Å². The number of likely N-dealkylation sites (N-methyl/N-ethyl adjacent to an activating group) is 1. The minimum absolute atomic E-state index is 0.247. The average Bonchev–Trinajstić information content (AvgIpc) is 2.57. The minimum atomic E-state index is 0.247. The van der Waals surface area contributed by atoms with Gasteiger partial charge in [0, 0.05) is 24.8 Å². The summed E-state index contributed by atoms with van der Waals surface area (Å²) in [5.41, 5.74) is 8.69. The predicted molar refractivity (Wildman–Crippen MR) is 65.1 cm³/mol. The summed E-state index contributed by atoms with van der Waals surface area (Å²) in [7, 11) is 1.97. The lowest BCUT2D eigenvalue weighted by Gasteiger charge is -2.39. The highest BCUT2D eigenvalue weighted by atomic mass is 15.3. The van der Waals surface area contributed by atoms with E-state index in [4.69, 9.17) is 5.73 Å². The molecular weight excluding hydrogens is 200 g/mol. The van der Waals surface area contributed by atoms with Gasteiger partial charge < -0.3 is 5.73 Å². The molecule has 0 spiro atoms. The third-order valence-corrected chi connectivity index (χ3v) is 3.56. The van der Waals surface area contributed by atoms with E-state index in [0.717, 1.165) is 25.2 Å².